The highest BCUT2D eigenvalue weighted by atomic mass is 16.2. The summed E-state index contributed by atoms with van der Waals surface area (Å²) >= 11 is 0. The van der Waals surface area contributed by atoms with E-state index in [4.69, 9.17) is 5.73 Å². The van der Waals surface area contributed by atoms with E-state index in [-0.39, 0.29) is 17.9 Å². The van der Waals surface area contributed by atoms with E-state index < -0.39 is 0 Å². The summed E-state index contributed by atoms with van der Waals surface area (Å²) < 4.78 is 0. The van der Waals surface area contributed by atoms with Gasteiger partial charge in [0.15, 0.2) is 0 Å². The fourth-order valence-corrected chi connectivity index (χ4v) is 4.80. The number of rotatable bonds is 2. The van der Waals surface area contributed by atoms with Crippen molar-refractivity contribution < 1.29 is 9.59 Å². The molecule has 0 spiro atoms. The Morgan fingerprint density at radius 2 is 1.85 bits per heavy atom. The second-order valence-corrected chi connectivity index (χ2v) is 8.15. The Hall–Kier alpha value is -2.24. The Kier molecular flexibility index (Phi) is 5.23. The number of nitrogens with two attached hydrogens (primary N) is 1. The summed E-state index contributed by atoms with van der Waals surface area (Å²) in [6.07, 6.45) is 8.14. The lowest BCUT2D eigenvalue weighted by molar-refractivity contribution is -0.123. The number of nitrogens with zero attached hydrogens (tertiary/aromatic N) is 2. The van der Waals surface area contributed by atoms with Crippen molar-refractivity contribution >= 4 is 23.3 Å². The van der Waals surface area contributed by atoms with Gasteiger partial charge in [0.05, 0.1) is 5.92 Å². The van der Waals surface area contributed by atoms with E-state index in [1.807, 2.05) is 28.0 Å². The quantitative estimate of drug-likeness (QED) is 0.786. The summed E-state index contributed by atoms with van der Waals surface area (Å²) in [5.74, 6) is 0.0142. The van der Waals surface area contributed by atoms with E-state index in [9.17, 15) is 9.59 Å². The van der Waals surface area contributed by atoms with Crippen molar-refractivity contribution in [1.29, 1.82) is 0 Å². The van der Waals surface area contributed by atoms with E-state index in [1.165, 1.54) is 12.8 Å². The predicted octanol–water partition coefficient (Wildman–Crippen LogP) is 2.91. The zero-order valence-electron chi connectivity index (χ0n) is 16.0. The molecule has 1 saturated heterocycles. The van der Waals surface area contributed by atoms with Gasteiger partial charge in [-0.1, -0.05) is 18.9 Å². The zero-order chi connectivity index (χ0) is 18.8. The number of carbonyl (C=O) groups excluding carboxylic acids is 2. The van der Waals surface area contributed by atoms with Crippen molar-refractivity contribution in [3.63, 3.8) is 0 Å². The average Bonchev–Trinajstić information content (AvgIpc) is 3.20. The molecule has 1 atom stereocenters. The predicted molar refractivity (Wildman–Crippen MR) is 107 cm³/mol. The average molecular weight is 370 g/mol. The van der Waals surface area contributed by atoms with E-state index >= 15 is 0 Å². The normalized spacial score (nSPS) is 23.2. The van der Waals surface area contributed by atoms with Crippen LogP contribution in [0.1, 0.15) is 50.5 Å². The smallest absolute Gasteiger partial charge is 0.317 e. The third-order valence-electron chi connectivity index (χ3n) is 6.29. The highest BCUT2D eigenvalue weighted by Crippen LogP contribution is 2.33. The summed E-state index contributed by atoms with van der Waals surface area (Å²) in [6, 6.07) is 6.13. The molecule has 6 nitrogen and oxygen atoms in total. The Labute approximate surface area is 161 Å². The van der Waals surface area contributed by atoms with E-state index in [0.717, 1.165) is 68.6 Å². The third kappa shape index (κ3) is 3.75. The van der Waals surface area contributed by atoms with Gasteiger partial charge in [0.1, 0.15) is 0 Å². The minimum Gasteiger partial charge on any atom is -0.398 e. The molecule has 0 bridgehead atoms. The molecule has 1 aromatic rings. The largest absolute Gasteiger partial charge is 0.398 e. The van der Waals surface area contributed by atoms with Crippen LogP contribution >= 0.6 is 0 Å². The number of amides is 3. The van der Waals surface area contributed by atoms with Crippen molar-refractivity contribution in [2.75, 3.05) is 30.3 Å². The van der Waals surface area contributed by atoms with Gasteiger partial charge in [-0.2, -0.15) is 0 Å². The summed E-state index contributed by atoms with van der Waals surface area (Å²) in [4.78, 5) is 29.6. The van der Waals surface area contributed by atoms with Crippen LogP contribution in [0.4, 0.5) is 16.2 Å². The van der Waals surface area contributed by atoms with Gasteiger partial charge in [0, 0.05) is 37.1 Å². The number of nitrogen functional groups attached to an aromatic ring is 1. The van der Waals surface area contributed by atoms with Crippen LogP contribution in [-0.2, 0) is 11.2 Å². The van der Waals surface area contributed by atoms with E-state index in [0.29, 0.717) is 12.6 Å². The number of urea groups is 1. The number of likely N-dealkylation sites (tertiary alicyclic amines) is 1. The Balaban J connectivity index is 1.43. The molecule has 4 rings (SSSR count). The summed E-state index contributed by atoms with van der Waals surface area (Å²) in [7, 11) is 0. The molecule has 1 aliphatic carbocycles. The number of hydrogen-bond donors (Lipinski definition) is 2. The van der Waals surface area contributed by atoms with Crippen molar-refractivity contribution in [2.24, 2.45) is 5.92 Å². The highest BCUT2D eigenvalue weighted by Gasteiger charge is 2.34. The molecular formula is C21H30N4O2. The molecule has 3 N–H and O–H groups in total. The molecule has 0 aromatic heterocycles. The Morgan fingerprint density at radius 1 is 1.04 bits per heavy atom. The Morgan fingerprint density at radius 3 is 2.67 bits per heavy atom. The molecule has 3 amide bonds. The monoisotopic (exact) mass is 370 g/mol. The summed E-state index contributed by atoms with van der Waals surface area (Å²) in [5.41, 5.74) is 8.94. The maximum atomic E-state index is 13.3. The van der Waals surface area contributed by atoms with Crippen LogP contribution in [0.15, 0.2) is 18.2 Å². The molecule has 1 aromatic carbocycles. The first kappa shape index (κ1) is 18.1. The maximum Gasteiger partial charge on any atom is 0.317 e. The number of nitrogens with one attached hydrogen (secondary N) is 1. The molecule has 1 saturated carbocycles. The van der Waals surface area contributed by atoms with Gasteiger partial charge in [-0.05, 0) is 56.2 Å². The number of piperidine rings is 1. The fourth-order valence-electron chi connectivity index (χ4n) is 4.80. The lowest BCUT2D eigenvalue weighted by atomic mass is 9.93. The van der Waals surface area contributed by atoms with Crippen LogP contribution < -0.4 is 16.0 Å². The topological polar surface area (TPSA) is 78.7 Å². The van der Waals surface area contributed by atoms with Crippen LogP contribution in [0.2, 0.25) is 0 Å². The minimum absolute atomic E-state index is 0.00249. The van der Waals surface area contributed by atoms with Gasteiger partial charge in [0.2, 0.25) is 5.91 Å². The first-order valence-corrected chi connectivity index (χ1v) is 10.4. The second kappa shape index (κ2) is 7.79. The molecule has 2 aliphatic heterocycles. The number of anilines is 2. The molecule has 1 unspecified atom stereocenters. The molecule has 2 heterocycles. The summed E-state index contributed by atoms with van der Waals surface area (Å²) in [5, 5.41) is 3.16. The molecular weight excluding hydrogens is 340 g/mol. The second-order valence-electron chi connectivity index (χ2n) is 8.15. The van der Waals surface area contributed by atoms with Gasteiger partial charge in [-0.25, -0.2) is 4.79 Å². The van der Waals surface area contributed by atoms with Gasteiger partial charge >= 0.3 is 6.03 Å². The first-order chi connectivity index (χ1) is 13.1. The number of hydrogen-bond acceptors (Lipinski definition) is 3. The van der Waals surface area contributed by atoms with Gasteiger partial charge in [0.25, 0.3) is 0 Å². The molecule has 6 heteroatoms. The highest BCUT2D eigenvalue weighted by molar-refractivity contribution is 5.97. The van der Waals surface area contributed by atoms with Crippen molar-refractivity contribution in [2.45, 2.75) is 57.4 Å². The number of fused-ring (bicyclic) bond motifs is 1. The SMILES string of the molecule is Nc1cccc2c1CCCN2C(=O)C1CCCN(C(=O)NC2CCCC2)C1. The van der Waals surface area contributed by atoms with Gasteiger partial charge < -0.3 is 20.9 Å². The van der Waals surface area contributed by atoms with Crippen LogP contribution in [0, 0.1) is 5.92 Å². The van der Waals surface area contributed by atoms with Crippen molar-refractivity contribution in [3.05, 3.63) is 23.8 Å². The van der Waals surface area contributed by atoms with Gasteiger partial charge in [-0.3, -0.25) is 4.79 Å². The zero-order valence-corrected chi connectivity index (χ0v) is 16.0. The van der Waals surface area contributed by atoms with Crippen LogP contribution in [-0.4, -0.2) is 42.5 Å². The lowest BCUT2D eigenvalue weighted by Gasteiger charge is -2.37. The standard InChI is InChI=1S/C21H30N4O2/c22-18-10-3-11-19-17(18)9-5-13-25(19)20(26)15-6-4-12-24(14-15)21(27)23-16-7-1-2-8-16/h3,10-11,15-16H,1-2,4-9,12-14,22H2,(H,23,27). The van der Waals surface area contributed by atoms with E-state index in [1.54, 1.807) is 0 Å². The summed E-state index contributed by atoms with van der Waals surface area (Å²) in [6.45, 7) is 2.00. The molecule has 2 fully saturated rings. The maximum absolute atomic E-state index is 13.3. The number of benzene rings is 1. The molecule has 0 radical (unpaired) electrons. The fraction of sp³-hybridized carbons (Fsp3) is 0.619. The van der Waals surface area contributed by atoms with Crippen LogP contribution in [0.5, 0.6) is 0 Å². The first-order valence-electron chi connectivity index (χ1n) is 10.4. The van der Waals surface area contributed by atoms with E-state index in [2.05, 4.69) is 5.32 Å². The lowest BCUT2D eigenvalue weighted by Crippen LogP contribution is -2.51. The minimum atomic E-state index is -0.125. The Bertz CT molecular complexity index is 714. The van der Waals surface area contributed by atoms with Crippen LogP contribution in [0.3, 0.4) is 0 Å². The van der Waals surface area contributed by atoms with Gasteiger partial charge in [-0.15, -0.1) is 0 Å². The van der Waals surface area contributed by atoms with Crippen LogP contribution in [0.25, 0.3) is 0 Å². The molecule has 27 heavy (non-hydrogen) atoms. The molecule has 3 aliphatic rings. The van der Waals surface area contributed by atoms with Crippen molar-refractivity contribution in [3.8, 4) is 0 Å². The third-order valence-corrected chi connectivity index (χ3v) is 6.29. The molecule has 146 valence electrons. The van der Waals surface area contributed by atoms with Crippen molar-refractivity contribution in [1.82, 2.24) is 10.2 Å². The number of carbonyl (C=O) groups is 2.